The summed E-state index contributed by atoms with van der Waals surface area (Å²) in [5.74, 6) is -2.50. The Morgan fingerprint density at radius 1 is 0.485 bits per heavy atom. The van der Waals surface area contributed by atoms with Crippen molar-refractivity contribution in [3.63, 3.8) is 0 Å². The molecule has 552 valence electrons. The SMILES string of the molecule is CC1(C)C(/C=C/C=C2/N(CCCS(=O)(=O)O)c3ccc(S(=O)(=O)O)cc3C2(C)CCCCCC(=O)NCc2ccc3c4c(ccc3c2)[N+](CCCS(=O)(=O)O)=C(/C=C/C=C2/N(CCCCCC(=O)O)c3ccc5cc(S(=O)(=O)O)ccc5c3C2(C)C)C4(C)C)=[N+](CCCS(=O)(=O)O)c2ccccc21. The Balaban J connectivity index is 0.862. The Hall–Kier alpha value is -7.77. The minimum atomic E-state index is -4.68. The van der Waals surface area contributed by atoms with Crippen molar-refractivity contribution in [2.24, 2.45) is 0 Å². The Morgan fingerprint density at radius 2 is 1.01 bits per heavy atom. The standard InChI is InChI=1S/C75H89N5O18S5/c1-72(2)58-21-12-13-22-60(58)77(41-18-44-99(84,85)86)64(72)23-17-26-67-75(7,59-49-55(103(96,97)98)33-38-61(59)78(67)42-19-45-100(87,88)89)39-14-8-10-27-68(81)76-50-51-29-34-56-52(47-51)30-36-63-70(56)74(5,6)66(80(63)43-20-46-101(90,91)92)25-16-24-65-73(3,4)71-57-35-32-54(102(93,94)95)48-53(57)31-37-62(71)79(65)40-15-9-11-28-69(82)83/h12-13,16-17,21-26,29-38,47-49H,8-11,14-15,18-20,27-28,39-46,50H2,1-7H3,(H5-2,76,81,82,83,84,85,86,87,88,89,90,91,92,93,94,95,96,97,98)/p+2. The largest absolute Gasteiger partial charge is 0.481 e. The van der Waals surface area contributed by atoms with Crippen LogP contribution in [0.25, 0.3) is 21.5 Å². The van der Waals surface area contributed by atoms with Crippen LogP contribution in [0.1, 0.15) is 153 Å². The number of nitrogens with zero attached hydrogens (tertiary/aromatic N) is 4. The first-order valence-corrected chi connectivity index (χ1v) is 42.1. The lowest BCUT2D eigenvalue weighted by molar-refractivity contribution is -0.437. The summed E-state index contributed by atoms with van der Waals surface area (Å²) in [6, 6.07) is 30.3. The lowest BCUT2D eigenvalue weighted by atomic mass is 9.77. The third-order valence-corrected chi connectivity index (χ3v) is 24.7. The highest BCUT2D eigenvalue weighted by Crippen LogP contribution is 2.54. The van der Waals surface area contributed by atoms with Gasteiger partial charge in [0.25, 0.3) is 50.6 Å². The number of aliphatic carboxylic acids is 1. The van der Waals surface area contributed by atoms with Gasteiger partial charge in [-0.3, -0.25) is 32.4 Å². The monoisotopic (exact) mass is 1510 g/mol. The molecule has 0 saturated carbocycles. The number of unbranched alkanes of at least 4 members (excludes halogenated alkanes) is 4. The number of fused-ring (bicyclic) bond motifs is 8. The maximum absolute atomic E-state index is 13.7. The number of carbonyl (C=O) groups is 2. The second kappa shape index (κ2) is 30.0. The van der Waals surface area contributed by atoms with Crippen LogP contribution in [-0.2, 0) is 88.4 Å². The van der Waals surface area contributed by atoms with Crippen molar-refractivity contribution < 1.29 is 88.7 Å². The summed E-state index contributed by atoms with van der Waals surface area (Å²) in [6.07, 6.45) is 16.0. The van der Waals surface area contributed by atoms with Crippen LogP contribution in [0.4, 0.5) is 22.7 Å². The molecule has 28 heteroatoms. The van der Waals surface area contributed by atoms with Gasteiger partial charge >= 0.3 is 5.97 Å². The molecule has 103 heavy (non-hydrogen) atoms. The molecule has 7 N–H and O–H groups in total. The lowest BCUT2D eigenvalue weighted by Gasteiger charge is -2.30. The molecule has 0 bridgehead atoms. The zero-order chi connectivity index (χ0) is 75.0. The van der Waals surface area contributed by atoms with Crippen LogP contribution >= 0.6 is 0 Å². The third-order valence-electron chi connectivity index (χ3n) is 20.5. The molecule has 4 aliphatic rings. The molecule has 1 unspecified atom stereocenters. The number of benzene rings is 6. The number of carbonyl (C=O) groups excluding carboxylic acids is 1. The first-order valence-electron chi connectivity index (χ1n) is 34.4. The Kier molecular flexibility index (Phi) is 22.7. The van der Waals surface area contributed by atoms with Crippen molar-refractivity contribution in [1.29, 1.82) is 0 Å². The van der Waals surface area contributed by atoms with Gasteiger partial charge in [0.05, 0.1) is 37.9 Å². The van der Waals surface area contributed by atoms with E-state index >= 15 is 0 Å². The van der Waals surface area contributed by atoms with Gasteiger partial charge in [-0.05, 0) is 166 Å². The molecule has 0 spiro atoms. The molecule has 0 fully saturated rings. The zero-order valence-corrected chi connectivity index (χ0v) is 62.9. The fourth-order valence-electron chi connectivity index (χ4n) is 15.7. The smallest absolute Gasteiger partial charge is 0.303 e. The molecular formula is C75H91N5O18S5+2. The van der Waals surface area contributed by atoms with Crippen LogP contribution in [0, 0.1) is 0 Å². The van der Waals surface area contributed by atoms with E-state index in [0.29, 0.717) is 73.8 Å². The van der Waals surface area contributed by atoms with Crippen LogP contribution in [0.2, 0.25) is 0 Å². The van der Waals surface area contributed by atoms with Gasteiger partial charge in [-0.2, -0.15) is 51.2 Å². The number of allylic oxidation sites excluding steroid dienone is 8. The fourth-order valence-corrected chi connectivity index (χ4v) is 18.2. The molecule has 6 aromatic carbocycles. The van der Waals surface area contributed by atoms with E-state index in [1.54, 1.807) is 12.1 Å². The van der Waals surface area contributed by atoms with Crippen molar-refractivity contribution in [2.45, 2.75) is 164 Å². The molecule has 0 aliphatic carbocycles. The minimum absolute atomic E-state index is 0.00122. The molecule has 0 aromatic heterocycles. The Bertz CT molecular complexity index is 5190. The minimum Gasteiger partial charge on any atom is -0.481 e. The molecule has 4 heterocycles. The van der Waals surface area contributed by atoms with E-state index in [1.807, 2.05) is 133 Å². The van der Waals surface area contributed by atoms with E-state index in [-0.39, 0.29) is 74.0 Å². The van der Waals surface area contributed by atoms with Crippen LogP contribution < -0.4 is 15.1 Å². The van der Waals surface area contributed by atoms with Crippen LogP contribution in [-0.4, -0.2) is 146 Å². The average Bonchev–Trinajstić information content (AvgIpc) is 1.60. The van der Waals surface area contributed by atoms with Crippen molar-refractivity contribution in [1.82, 2.24) is 5.32 Å². The highest BCUT2D eigenvalue weighted by atomic mass is 32.2. The van der Waals surface area contributed by atoms with Crippen LogP contribution in [0.3, 0.4) is 0 Å². The topological polar surface area (TPSA) is 351 Å². The average molecular weight is 1510 g/mol. The fraction of sp³-hybridized carbons (Fsp3) is 0.413. The molecule has 10 rings (SSSR count). The van der Waals surface area contributed by atoms with Gasteiger partial charge in [0.15, 0.2) is 11.4 Å². The van der Waals surface area contributed by atoms with E-state index in [0.717, 1.165) is 72.6 Å². The number of rotatable bonds is 32. The number of carboxylic acids is 1. The Morgan fingerprint density at radius 3 is 1.66 bits per heavy atom. The van der Waals surface area contributed by atoms with E-state index in [9.17, 15) is 79.5 Å². The summed E-state index contributed by atoms with van der Waals surface area (Å²) in [5.41, 5.74) is 8.05. The number of hydrogen-bond donors (Lipinski definition) is 7. The molecule has 0 saturated heterocycles. The number of nitrogens with one attached hydrogen (secondary N) is 1. The Labute approximate surface area is 603 Å². The normalized spacial score (nSPS) is 18.7. The third kappa shape index (κ3) is 17.3. The van der Waals surface area contributed by atoms with Gasteiger partial charge in [-0.15, -0.1) is 0 Å². The maximum atomic E-state index is 13.7. The summed E-state index contributed by atoms with van der Waals surface area (Å²) in [4.78, 5) is 28.6. The summed E-state index contributed by atoms with van der Waals surface area (Å²) in [7, 11) is -22.1. The van der Waals surface area contributed by atoms with Crippen molar-refractivity contribution in [2.75, 3.05) is 53.2 Å². The second-order valence-corrected chi connectivity index (χ2v) is 36.4. The maximum Gasteiger partial charge on any atom is 0.303 e. The second-order valence-electron chi connectivity index (χ2n) is 28.9. The zero-order valence-electron chi connectivity index (χ0n) is 58.8. The first kappa shape index (κ1) is 77.8. The van der Waals surface area contributed by atoms with Crippen molar-refractivity contribution >= 4 is 118 Å². The van der Waals surface area contributed by atoms with Gasteiger partial charge in [-0.25, -0.2) is 0 Å². The molecule has 0 radical (unpaired) electrons. The number of carboxylic acid groups (broad SMARTS) is 1. The van der Waals surface area contributed by atoms with Gasteiger partial charge in [-0.1, -0.05) is 87.7 Å². The lowest BCUT2D eigenvalue weighted by Crippen LogP contribution is -2.30. The van der Waals surface area contributed by atoms with E-state index in [4.69, 9.17) is 0 Å². The molecule has 1 amide bonds. The molecule has 1 atom stereocenters. The summed E-state index contributed by atoms with van der Waals surface area (Å²) in [5, 5.41) is 15.7. The summed E-state index contributed by atoms with van der Waals surface area (Å²) in [6.45, 7) is 15.8. The first-order chi connectivity index (χ1) is 48.1. The van der Waals surface area contributed by atoms with Crippen molar-refractivity contribution in [3.05, 3.63) is 179 Å². The van der Waals surface area contributed by atoms with E-state index in [2.05, 4.69) is 42.5 Å². The van der Waals surface area contributed by atoms with E-state index in [1.165, 1.54) is 24.3 Å². The molecular weight excluding hydrogens is 1420 g/mol. The van der Waals surface area contributed by atoms with E-state index < -0.39 is 95.5 Å². The van der Waals surface area contributed by atoms with Gasteiger partial charge in [0.2, 0.25) is 17.3 Å². The van der Waals surface area contributed by atoms with Gasteiger partial charge in [0.1, 0.15) is 13.1 Å². The number of anilines is 2. The molecule has 6 aromatic rings. The quantitative estimate of drug-likeness (QED) is 0.0117. The number of para-hydroxylation sites is 1. The van der Waals surface area contributed by atoms with Gasteiger partial charge < -0.3 is 20.2 Å². The predicted octanol–water partition coefficient (Wildman–Crippen LogP) is 12.4. The molecule has 23 nitrogen and oxygen atoms in total. The number of hydrogen-bond acceptors (Lipinski definition) is 14. The van der Waals surface area contributed by atoms with Gasteiger partial charge in [0, 0.05) is 114 Å². The predicted molar refractivity (Wildman–Crippen MR) is 400 cm³/mol. The summed E-state index contributed by atoms with van der Waals surface area (Å²) < 4.78 is 175. The number of amides is 1. The molecule has 4 aliphatic heterocycles. The highest BCUT2D eigenvalue weighted by Gasteiger charge is 2.48. The van der Waals surface area contributed by atoms with Crippen molar-refractivity contribution in [3.8, 4) is 0 Å². The van der Waals surface area contributed by atoms with Crippen LogP contribution in [0.5, 0.6) is 0 Å². The highest BCUT2D eigenvalue weighted by molar-refractivity contribution is 7.86. The summed E-state index contributed by atoms with van der Waals surface area (Å²) >= 11 is 0. The van der Waals surface area contributed by atoms with Crippen LogP contribution in [0.15, 0.2) is 161 Å².